The number of unbranched alkanes of at least 4 members (excludes halogenated alkanes) is 19. The Labute approximate surface area is 368 Å². The van der Waals surface area contributed by atoms with Crippen LogP contribution in [0.15, 0.2) is 12.2 Å². The number of phosphoric ester groups is 1. The van der Waals surface area contributed by atoms with Gasteiger partial charge in [-0.15, -0.1) is 0 Å². The van der Waals surface area contributed by atoms with Crippen LogP contribution in [0.1, 0.15) is 201 Å². The molecule has 0 bridgehead atoms. The van der Waals surface area contributed by atoms with E-state index in [2.05, 4.69) is 20.8 Å². The van der Waals surface area contributed by atoms with E-state index in [1.807, 2.05) is 0 Å². The summed E-state index contributed by atoms with van der Waals surface area (Å²) in [6, 6.07) is 0. The lowest BCUT2D eigenvalue weighted by atomic mass is 9.88. The average Bonchev–Trinajstić information content (AvgIpc) is 3.49. The van der Waals surface area contributed by atoms with Crippen LogP contribution in [-0.2, 0) is 37.5 Å². The van der Waals surface area contributed by atoms with Crippen molar-refractivity contribution < 1.29 is 62.8 Å². The third-order valence-electron chi connectivity index (χ3n) is 11.5. The van der Waals surface area contributed by atoms with Gasteiger partial charge in [-0.2, -0.15) is 0 Å². The molecule has 61 heavy (non-hydrogen) atoms. The summed E-state index contributed by atoms with van der Waals surface area (Å²) in [7, 11) is -4.68. The second-order valence-corrected chi connectivity index (χ2v) is 19.2. The standard InChI is InChI=1S/C47H87O13P/c1-4-5-21-27-39(49)31-32-43-42(44(51)33-45(43)52)28-23-19-20-25-30-47(54)60-41(37-59-61(55,56)58-35-40(50)34-48)36-57-46(53)29-24-18-16-14-12-10-8-6-7-9-11-13-15-17-22-26-38(2)3/h31-32,38-44,48-51H,4-30,33-37H2,1-3H3,(H,55,56)/b32-31+/t39-,40-,41+,42+,43+,44-/m0/s1. The molecular weight excluding hydrogens is 803 g/mol. The van der Waals surface area contributed by atoms with Crippen molar-refractivity contribution in [1.29, 1.82) is 0 Å². The summed E-state index contributed by atoms with van der Waals surface area (Å²) >= 11 is 0. The van der Waals surface area contributed by atoms with Gasteiger partial charge in [0.2, 0.25) is 0 Å². The fraction of sp³-hybridized carbons (Fsp3) is 0.894. The van der Waals surface area contributed by atoms with Gasteiger partial charge < -0.3 is 34.8 Å². The average molecular weight is 891 g/mol. The van der Waals surface area contributed by atoms with Crippen LogP contribution < -0.4 is 0 Å². The quantitative estimate of drug-likeness (QED) is 0.0168. The number of rotatable bonds is 41. The van der Waals surface area contributed by atoms with Crippen LogP contribution in [0.25, 0.3) is 0 Å². The fourth-order valence-corrected chi connectivity index (χ4v) is 8.52. The Hall–Kier alpha value is -1.70. The molecule has 0 aromatic rings. The third-order valence-corrected chi connectivity index (χ3v) is 12.5. The molecule has 0 aromatic heterocycles. The number of hydrogen-bond acceptors (Lipinski definition) is 12. The van der Waals surface area contributed by atoms with Crippen LogP contribution in [0.5, 0.6) is 0 Å². The minimum atomic E-state index is -4.68. The molecule has 1 fully saturated rings. The number of aliphatic hydroxyl groups is 4. The molecule has 14 heteroatoms. The molecule has 0 saturated heterocycles. The SMILES string of the molecule is CCCCC[C@H](O)/C=C/[C@H]1C(=O)C[C@H](O)[C@@H]1CCCCCCC(=O)O[C@H](COC(=O)CCCCCCCCCCCCCCCCCC(C)C)COP(=O)(O)OC[C@@H](O)CO. The van der Waals surface area contributed by atoms with E-state index in [1.165, 1.54) is 77.0 Å². The first kappa shape index (κ1) is 57.3. The van der Waals surface area contributed by atoms with Gasteiger partial charge in [0, 0.05) is 25.2 Å². The third kappa shape index (κ3) is 31.7. The van der Waals surface area contributed by atoms with Gasteiger partial charge in [0.15, 0.2) is 6.10 Å². The van der Waals surface area contributed by atoms with Gasteiger partial charge in [-0.05, 0) is 37.5 Å². The van der Waals surface area contributed by atoms with Crippen LogP contribution in [0.4, 0.5) is 0 Å². The number of carbonyl (C=O) groups is 3. The van der Waals surface area contributed by atoms with Crippen molar-refractivity contribution in [3.63, 3.8) is 0 Å². The van der Waals surface area contributed by atoms with Crippen LogP contribution in [0.2, 0.25) is 0 Å². The predicted octanol–water partition coefficient (Wildman–Crippen LogP) is 9.62. The zero-order chi connectivity index (χ0) is 45.1. The van der Waals surface area contributed by atoms with E-state index < -0.39 is 69.9 Å². The van der Waals surface area contributed by atoms with E-state index in [9.17, 15) is 39.2 Å². The number of allylic oxidation sites excluding steroid dienone is 1. The first-order chi connectivity index (χ1) is 29.3. The lowest BCUT2D eigenvalue weighted by Crippen LogP contribution is -2.29. The van der Waals surface area contributed by atoms with Crippen molar-refractivity contribution in [1.82, 2.24) is 0 Å². The van der Waals surface area contributed by atoms with Gasteiger partial charge in [-0.3, -0.25) is 23.4 Å². The van der Waals surface area contributed by atoms with Crippen LogP contribution in [-0.4, -0.2) is 93.9 Å². The Kier molecular flexibility index (Phi) is 34.4. The number of ether oxygens (including phenoxy) is 2. The Morgan fingerprint density at radius 2 is 1.23 bits per heavy atom. The van der Waals surface area contributed by atoms with Gasteiger partial charge in [-0.25, -0.2) is 4.57 Å². The van der Waals surface area contributed by atoms with E-state index in [1.54, 1.807) is 12.2 Å². The van der Waals surface area contributed by atoms with Crippen LogP contribution >= 0.6 is 7.82 Å². The van der Waals surface area contributed by atoms with Gasteiger partial charge in [0.05, 0.1) is 32.0 Å². The number of hydrogen-bond donors (Lipinski definition) is 5. The Balaban J connectivity index is 2.38. The van der Waals surface area contributed by atoms with E-state index in [-0.39, 0.29) is 37.6 Å². The highest BCUT2D eigenvalue weighted by Gasteiger charge is 2.39. The number of carbonyl (C=O) groups excluding carboxylic acids is 3. The second-order valence-electron chi connectivity index (χ2n) is 17.8. The maximum Gasteiger partial charge on any atom is 0.472 e. The normalized spacial score (nSPS) is 19.4. The first-order valence-electron chi connectivity index (χ1n) is 24.1. The van der Waals surface area contributed by atoms with Gasteiger partial charge >= 0.3 is 19.8 Å². The van der Waals surface area contributed by atoms with E-state index in [0.29, 0.717) is 32.1 Å². The Morgan fingerprint density at radius 1 is 0.721 bits per heavy atom. The van der Waals surface area contributed by atoms with Gasteiger partial charge in [0.1, 0.15) is 18.5 Å². The summed E-state index contributed by atoms with van der Waals surface area (Å²) in [5.74, 6) is -0.896. The summed E-state index contributed by atoms with van der Waals surface area (Å²) in [6.45, 7) is 4.37. The molecule has 0 radical (unpaired) electrons. The molecule has 0 amide bonds. The smallest absolute Gasteiger partial charge is 0.462 e. The molecule has 13 nitrogen and oxygen atoms in total. The van der Waals surface area contributed by atoms with E-state index in [0.717, 1.165) is 57.3 Å². The van der Waals surface area contributed by atoms with Gasteiger partial charge in [-0.1, -0.05) is 168 Å². The first-order valence-corrected chi connectivity index (χ1v) is 25.6. The second kappa shape index (κ2) is 36.6. The summed E-state index contributed by atoms with van der Waals surface area (Å²) in [6.07, 6.45) is 26.5. The maximum absolute atomic E-state index is 12.8. The number of esters is 2. The largest absolute Gasteiger partial charge is 0.472 e. The number of aliphatic hydroxyl groups excluding tert-OH is 4. The van der Waals surface area contributed by atoms with Crippen molar-refractivity contribution in [2.75, 3.05) is 26.4 Å². The molecule has 1 unspecified atom stereocenters. The number of phosphoric acid groups is 1. The predicted molar refractivity (Wildman–Crippen MR) is 239 cm³/mol. The summed E-state index contributed by atoms with van der Waals surface area (Å²) in [4.78, 5) is 47.8. The molecule has 7 atom stereocenters. The number of Topliss-reactive ketones (excluding diaryl/α,β-unsaturated/α-hetero) is 1. The molecule has 0 spiro atoms. The molecule has 1 aliphatic rings. The molecule has 1 aliphatic carbocycles. The topological polar surface area (TPSA) is 206 Å². The zero-order valence-electron chi connectivity index (χ0n) is 38.3. The van der Waals surface area contributed by atoms with Crippen LogP contribution in [0, 0.1) is 17.8 Å². The van der Waals surface area contributed by atoms with Crippen molar-refractivity contribution in [2.45, 2.75) is 225 Å². The minimum Gasteiger partial charge on any atom is -0.462 e. The van der Waals surface area contributed by atoms with Crippen molar-refractivity contribution in [3.05, 3.63) is 12.2 Å². The Bertz CT molecular complexity index is 1200. The molecular formula is C47H87O13P. The van der Waals surface area contributed by atoms with Crippen molar-refractivity contribution >= 4 is 25.5 Å². The minimum absolute atomic E-state index is 0.0152. The highest BCUT2D eigenvalue weighted by molar-refractivity contribution is 7.47. The fourth-order valence-electron chi connectivity index (χ4n) is 7.73. The van der Waals surface area contributed by atoms with E-state index >= 15 is 0 Å². The van der Waals surface area contributed by atoms with Crippen LogP contribution in [0.3, 0.4) is 0 Å². The number of ketones is 1. The summed E-state index contributed by atoms with van der Waals surface area (Å²) < 4.78 is 32.8. The highest BCUT2D eigenvalue weighted by atomic mass is 31.2. The molecule has 1 saturated carbocycles. The highest BCUT2D eigenvalue weighted by Crippen LogP contribution is 2.43. The summed E-state index contributed by atoms with van der Waals surface area (Å²) in [5, 5.41) is 39.2. The Morgan fingerprint density at radius 3 is 1.79 bits per heavy atom. The maximum atomic E-state index is 12.8. The van der Waals surface area contributed by atoms with Crippen molar-refractivity contribution in [2.24, 2.45) is 17.8 Å². The molecule has 0 aromatic carbocycles. The zero-order valence-corrected chi connectivity index (χ0v) is 39.2. The van der Waals surface area contributed by atoms with Gasteiger partial charge in [0.25, 0.3) is 0 Å². The lowest BCUT2D eigenvalue weighted by molar-refractivity contribution is -0.161. The van der Waals surface area contributed by atoms with E-state index in [4.69, 9.17) is 23.6 Å². The molecule has 358 valence electrons. The summed E-state index contributed by atoms with van der Waals surface area (Å²) in [5.41, 5.74) is 0. The molecule has 1 rings (SSSR count). The molecule has 0 heterocycles. The van der Waals surface area contributed by atoms with Crippen molar-refractivity contribution in [3.8, 4) is 0 Å². The molecule has 5 N–H and O–H groups in total. The molecule has 0 aliphatic heterocycles. The lowest BCUT2D eigenvalue weighted by Gasteiger charge is -2.20. The monoisotopic (exact) mass is 891 g/mol.